The van der Waals surface area contributed by atoms with Crippen LogP contribution in [0.3, 0.4) is 0 Å². The summed E-state index contributed by atoms with van der Waals surface area (Å²) in [5.74, 6) is 1.79. The van der Waals surface area contributed by atoms with Gasteiger partial charge in [-0.05, 0) is 57.2 Å². The Labute approximate surface area is 126 Å². The van der Waals surface area contributed by atoms with Crippen molar-refractivity contribution in [2.75, 3.05) is 5.75 Å². The van der Waals surface area contributed by atoms with E-state index >= 15 is 0 Å². The normalized spacial score (nSPS) is 16.8. The highest BCUT2D eigenvalue weighted by molar-refractivity contribution is 7.99. The smallest absolute Gasteiger partial charge is 0.137 e. The number of halogens is 1. The van der Waals surface area contributed by atoms with E-state index in [9.17, 15) is 4.39 Å². The van der Waals surface area contributed by atoms with Crippen LogP contribution in [0.15, 0.2) is 23.1 Å². The van der Waals surface area contributed by atoms with Crippen LogP contribution >= 0.6 is 11.8 Å². The Bertz CT molecular complexity index is 433. The van der Waals surface area contributed by atoms with Gasteiger partial charge in [0.25, 0.3) is 0 Å². The maximum atomic E-state index is 14.1. The van der Waals surface area contributed by atoms with Crippen LogP contribution in [0.5, 0.6) is 0 Å². The summed E-state index contributed by atoms with van der Waals surface area (Å²) in [5.41, 5.74) is 1.08. The Morgan fingerprint density at radius 1 is 1.25 bits per heavy atom. The molecule has 1 aliphatic rings. The number of thioether (sulfide) groups is 1. The quantitative estimate of drug-likeness (QED) is 0.767. The molecule has 1 aliphatic carbocycles. The summed E-state index contributed by atoms with van der Waals surface area (Å²) in [6.45, 7) is 7.08. The average Bonchev–Trinajstić information content (AvgIpc) is 2.87. The molecule has 0 spiro atoms. The highest BCUT2D eigenvalue weighted by Crippen LogP contribution is 2.32. The topological polar surface area (TPSA) is 12.0 Å². The summed E-state index contributed by atoms with van der Waals surface area (Å²) >= 11 is 1.68. The van der Waals surface area contributed by atoms with Crippen molar-refractivity contribution in [3.63, 3.8) is 0 Å². The van der Waals surface area contributed by atoms with Crippen molar-refractivity contribution in [2.24, 2.45) is 5.92 Å². The van der Waals surface area contributed by atoms with Crippen LogP contribution in [0.2, 0.25) is 0 Å². The standard InChI is InChI=1S/C17H26FNS/c1-17(2,3)19-11-14-8-9-16(15(18)10-14)20-12-13-6-4-5-7-13/h8-10,13,19H,4-7,11-12H2,1-3H3. The van der Waals surface area contributed by atoms with Crippen LogP contribution in [-0.4, -0.2) is 11.3 Å². The molecule has 0 saturated heterocycles. The van der Waals surface area contributed by atoms with Crippen molar-refractivity contribution < 1.29 is 4.39 Å². The fraction of sp³-hybridized carbons (Fsp3) is 0.647. The predicted molar refractivity (Wildman–Crippen MR) is 85.7 cm³/mol. The van der Waals surface area contributed by atoms with Crippen molar-refractivity contribution in [1.29, 1.82) is 0 Å². The van der Waals surface area contributed by atoms with Crippen molar-refractivity contribution >= 4 is 11.8 Å². The van der Waals surface area contributed by atoms with Gasteiger partial charge >= 0.3 is 0 Å². The van der Waals surface area contributed by atoms with Crippen LogP contribution in [0, 0.1) is 11.7 Å². The molecule has 1 saturated carbocycles. The lowest BCUT2D eigenvalue weighted by Gasteiger charge is -2.20. The highest BCUT2D eigenvalue weighted by atomic mass is 32.2. The molecule has 0 amide bonds. The zero-order valence-electron chi connectivity index (χ0n) is 12.8. The first-order valence-electron chi connectivity index (χ1n) is 7.60. The summed E-state index contributed by atoms with van der Waals surface area (Å²) in [7, 11) is 0. The van der Waals surface area contributed by atoms with E-state index in [1.807, 2.05) is 12.1 Å². The van der Waals surface area contributed by atoms with E-state index in [0.29, 0.717) is 6.54 Å². The van der Waals surface area contributed by atoms with E-state index in [2.05, 4.69) is 26.1 Å². The third-order valence-electron chi connectivity index (χ3n) is 3.77. The average molecular weight is 295 g/mol. The Kier molecular flexibility index (Phi) is 5.50. The van der Waals surface area contributed by atoms with Gasteiger partial charge in [0, 0.05) is 22.7 Å². The van der Waals surface area contributed by atoms with Crippen molar-refractivity contribution in [3.05, 3.63) is 29.6 Å². The number of benzene rings is 1. The van der Waals surface area contributed by atoms with Crippen LogP contribution in [0.25, 0.3) is 0 Å². The fourth-order valence-corrected chi connectivity index (χ4v) is 3.63. The summed E-state index contributed by atoms with van der Waals surface area (Å²) in [5, 5.41) is 3.39. The second-order valence-electron chi connectivity index (χ2n) is 6.83. The summed E-state index contributed by atoms with van der Waals surface area (Å²) in [4.78, 5) is 0.802. The number of rotatable bonds is 5. The van der Waals surface area contributed by atoms with E-state index < -0.39 is 0 Å². The first-order valence-corrected chi connectivity index (χ1v) is 8.59. The molecule has 1 N–H and O–H groups in total. The third-order valence-corrected chi connectivity index (χ3v) is 5.05. The van der Waals surface area contributed by atoms with Gasteiger partial charge in [-0.15, -0.1) is 11.8 Å². The van der Waals surface area contributed by atoms with E-state index in [-0.39, 0.29) is 11.4 Å². The third kappa shape index (κ3) is 5.10. The van der Waals surface area contributed by atoms with Crippen molar-refractivity contribution in [1.82, 2.24) is 5.32 Å². The first-order chi connectivity index (χ1) is 9.44. The van der Waals surface area contributed by atoms with E-state index in [1.165, 1.54) is 25.7 Å². The molecular formula is C17H26FNS. The van der Waals surface area contributed by atoms with E-state index in [4.69, 9.17) is 0 Å². The molecule has 0 aliphatic heterocycles. The van der Waals surface area contributed by atoms with E-state index in [0.717, 1.165) is 22.1 Å². The molecule has 1 nitrogen and oxygen atoms in total. The molecular weight excluding hydrogens is 269 g/mol. The lowest BCUT2D eigenvalue weighted by Crippen LogP contribution is -2.35. The molecule has 1 aromatic rings. The second kappa shape index (κ2) is 6.95. The zero-order valence-corrected chi connectivity index (χ0v) is 13.7. The largest absolute Gasteiger partial charge is 0.308 e. The molecule has 112 valence electrons. The second-order valence-corrected chi connectivity index (χ2v) is 7.89. The zero-order chi connectivity index (χ0) is 14.6. The van der Waals surface area contributed by atoms with Gasteiger partial charge in [0.1, 0.15) is 5.82 Å². The molecule has 20 heavy (non-hydrogen) atoms. The minimum Gasteiger partial charge on any atom is -0.308 e. The van der Waals surface area contributed by atoms with Gasteiger partial charge in [-0.3, -0.25) is 0 Å². The van der Waals surface area contributed by atoms with Gasteiger partial charge in [-0.1, -0.05) is 18.9 Å². The Morgan fingerprint density at radius 2 is 1.95 bits per heavy atom. The molecule has 1 fully saturated rings. The Balaban J connectivity index is 1.88. The van der Waals surface area contributed by atoms with Gasteiger partial charge in [0.15, 0.2) is 0 Å². The van der Waals surface area contributed by atoms with Crippen LogP contribution in [-0.2, 0) is 6.54 Å². The molecule has 1 aromatic carbocycles. The molecule has 0 unspecified atom stereocenters. The van der Waals surface area contributed by atoms with Gasteiger partial charge in [0.05, 0.1) is 0 Å². The van der Waals surface area contributed by atoms with Crippen molar-refractivity contribution in [3.8, 4) is 0 Å². The van der Waals surface area contributed by atoms with Crippen LogP contribution in [0.4, 0.5) is 4.39 Å². The molecule has 2 rings (SSSR count). The van der Waals surface area contributed by atoms with Crippen molar-refractivity contribution in [2.45, 2.75) is 63.4 Å². The number of hydrogen-bond donors (Lipinski definition) is 1. The summed E-state index contributed by atoms with van der Waals surface area (Å²) in [6.07, 6.45) is 5.35. The predicted octanol–water partition coefficient (Wildman–Crippen LogP) is 5.00. The SMILES string of the molecule is CC(C)(C)NCc1ccc(SCC2CCCC2)c(F)c1. The lowest BCUT2D eigenvalue weighted by molar-refractivity contribution is 0.423. The minimum atomic E-state index is -0.0683. The molecule has 0 aromatic heterocycles. The fourth-order valence-electron chi connectivity index (χ4n) is 2.52. The maximum absolute atomic E-state index is 14.1. The van der Waals surface area contributed by atoms with E-state index in [1.54, 1.807) is 17.8 Å². The van der Waals surface area contributed by atoms with Gasteiger partial charge < -0.3 is 5.32 Å². The summed E-state index contributed by atoms with van der Waals surface area (Å²) in [6, 6.07) is 5.66. The summed E-state index contributed by atoms with van der Waals surface area (Å²) < 4.78 is 14.1. The Morgan fingerprint density at radius 3 is 2.55 bits per heavy atom. The Hall–Kier alpha value is -0.540. The molecule has 0 radical (unpaired) electrons. The monoisotopic (exact) mass is 295 g/mol. The minimum absolute atomic E-state index is 0.0619. The maximum Gasteiger partial charge on any atom is 0.137 e. The van der Waals surface area contributed by atoms with Gasteiger partial charge in [0.2, 0.25) is 0 Å². The highest BCUT2D eigenvalue weighted by Gasteiger charge is 2.16. The lowest BCUT2D eigenvalue weighted by atomic mass is 10.1. The van der Waals surface area contributed by atoms with Gasteiger partial charge in [-0.2, -0.15) is 0 Å². The number of nitrogens with one attached hydrogen (secondary N) is 1. The van der Waals surface area contributed by atoms with Gasteiger partial charge in [-0.25, -0.2) is 4.39 Å². The molecule has 0 atom stereocenters. The number of hydrogen-bond acceptors (Lipinski definition) is 2. The van der Waals surface area contributed by atoms with Crippen LogP contribution in [0.1, 0.15) is 52.0 Å². The molecule has 0 heterocycles. The first kappa shape index (κ1) is 15.8. The molecule has 3 heteroatoms. The molecule has 0 bridgehead atoms. The van der Waals surface area contributed by atoms with Crippen LogP contribution < -0.4 is 5.32 Å².